The van der Waals surface area contributed by atoms with Crippen molar-refractivity contribution >= 4 is 23.3 Å². The van der Waals surface area contributed by atoms with Crippen LogP contribution in [0.15, 0.2) is 0 Å². The van der Waals surface area contributed by atoms with E-state index in [1.165, 1.54) is 0 Å². The van der Waals surface area contributed by atoms with Crippen LogP contribution in [0.3, 0.4) is 0 Å². The fraction of sp³-hybridized carbons (Fsp3) is 0.793. The minimum absolute atomic E-state index is 0.141. The van der Waals surface area contributed by atoms with Gasteiger partial charge in [-0.15, -0.1) is 11.3 Å². The van der Waals surface area contributed by atoms with Gasteiger partial charge in [0.2, 0.25) is 0 Å². The second-order valence-electron chi connectivity index (χ2n) is 10.1. The van der Waals surface area contributed by atoms with Crippen LogP contribution in [0.5, 0.6) is 11.5 Å². The number of hydrogen-bond acceptors (Lipinski definition) is 9. The lowest BCUT2D eigenvalue weighted by Gasteiger charge is -2.30. The molecule has 0 fully saturated rings. The summed E-state index contributed by atoms with van der Waals surface area (Å²) in [6, 6.07) is 0. The molecule has 2 heterocycles. The number of carbonyl (C=O) groups excluding carboxylic acids is 2. The highest BCUT2D eigenvalue weighted by Gasteiger charge is 2.37. The van der Waals surface area contributed by atoms with Crippen LogP contribution in [-0.2, 0) is 28.5 Å². The summed E-state index contributed by atoms with van der Waals surface area (Å²) in [7, 11) is 0. The predicted octanol–water partition coefficient (Wildman–Crippen LogP) is 6.18. The molecular weight excluding hydrogens is 508 g/mol. The van der Waals surface area contributed by atoms with E-state index >= 15 is 0 Å². The zero-order valence-corrected chi connectivity index (χ0v) is 24.7. The van der Waals surface area contributed by atoms with Gasteiger partial charge in [0, 0.05) is 48.7 Å². The molecular formula is C29H48O8S. The lowest BCUT2D eigenvalue weighted by atomic mass is 9.92. The number of rotatable bonds is 20. The highest BCUT2D eigenvalue weighted by atomic mass is 32.1. The SMILES string of the molecule is CCCCCC(=O)OCCCOCC1(COCCCOC(=O)CCCCC)COc2c(C)sc(C)c2OC1. The Kier molecular flexibility index (Phi) is 15.7. The predicted molar refractivity (Wildman–Crippen MR) is 148 cm³/mol. The Morgan fingerprint density at radius 1 is 0.711 bits per heavy atom. The third kappa shape index (κ3) is 11.9. The standard InChI is InChI=1S/C29H48O8S/c1-5-7-9-13-25(30)34-17-11-15-32-19-29(20-33-16-12-18-35-26(31)14-10-8-6-2)21-36-27-23(3)38-24(4)28(27)37-22-29/h5-22H2,1-4H3. The molecule has 2 rings (SSSR count). The van der Waals surface area contributed by atoms with Gasteiger partial charge in [-0.1, -0.05) is 39.5 Å². The monoisotopic (exact) mass is 556 g/mol. The van der Waals surface area contributed by atoms with Gasteiger partial charge in [0.15, 0.2) is 11.5 Å². The van der Waals surface area contributed by atoms with Crippen LogP contribution < -0.4 is 9.47 Å². The van der Waals surface area contributed by atoms with Crippen LogP contribution in [0.4, 0.5) is 0 Å². The van der Waals surface area contributed by atoms with E-state index in [9.17, 15) is 9.59 Å². The summed E-state index contributed by atoms with van der Waals surface area (Å²) in [5.74, 6) is 1.33. The molecule has 0 amide bonds. The number of ether oxygens (including phenoxy) is 6. The molecule has 0 saturated carbocycles. The van der Waals surface area contributed by atoms with Crippen LogP contribution in [-0.4, -0.2) is 64.8 Å². The van der Waals surface area contributed by atoms with Crippen molar-refractivity contribution in [3.8, 4) is 11.5 Å². The molecule has 218 valence electrons. The fourth-order valence-electron chi connectivity index (χ4n) is 4.13. The zero-order valence-electron chi connectivity index (χ0n) is 23.9. The van der Waals surface area contributed by atoms with Crippen LogP contribution >= 0.6 is 11.3 Å². The molecule has 0 aromatic carbocycles. The molecule has 0 radical (unpaired) electrons. The molecule has 0 saturated heterocycles. The topological polar surface area (TPSA) is 89.5 Å². The summed E-state index contributed by atoms with van der Waals surface area (Å²) in [6.07, 6.45) is 8.22. The molecule has 0 N–H and O–H groups in total. The maximum Gasteiger partial charge on any atom is 0.305 e. The van der Waals surface area contributed by atoms with E-state index in [1.807, 2.05) is 13.8 Å². The Labute approximate surface area is 232 Å². The lowest BCUT2D eigenvalue weighted by Crippen LogP contribution is -2.42. The summed E-state index contributed by atoms with van der Waals surface area (Å²) in [5, 5.41) is 0. The van der Waals surface area contributed by atoms with Crippen LogP contribution in [0, 0.1) is 19.3 Å². The van der Waals surface area contributed by atoms with E-state index in [2.05, 4.69) is 13.8 Å². The molecule has 0 aliphatic carbocycles. The lowest BCUT2D eigenvalue weighted by molar-refractivity contribution is -0.145. The maximum atomic E-state index is 11.8. The number of aryl methyl sites for hydroxylation is 2. The number of carbonyl (C=O) groups is 2. The van der Waals surface area contributed by atoms with Crippen molar-refractivity contribution in [3.05, 3.63) is 9.75 Å². The minimum atomic E-state index is -0.483. The average Bonchev–Trinajstić information content (AvgIpc) is 3.04. The first-order valence-electron chi connectivity index (χ1n) is 14.2. The summed E-state index contributed by atoms with van der Waals surface area (Å²) in [6.45, 7) is 11.6. The molecule has 38 heavy (non-hydrogen) atoms. The number of thiophene rings is 1. The zero-order chi connectivity index (χ0) is 27.6. The van der Waals surface area contributed by atoms with Gasteiger partial charge >= 0.3 is 11.9 Å². The average molecular weight is 557 g/mol. The summed E-state index contributed by atoms with van der Waals surface area (Å²) < 4.78 is 35.0. The fourth-order valence-corrected chi connectivity index (χ4v) is 5.08. The molecule has 0 unspecified atom stereocenters. The van der Waals surface area contributed by atoms with E-state index in [0.717, 1.165) is 59.8 Å². The van der Waals surface area contributed by atoms with E-state index in [-0.39, 0.29) is 11.9 Å². The van der Waals surface area contributed by atoms with Crippen molar-refractivity contribution in [1.29, 1.82) is 0 Å². The first-order valence-corrected chi connectivity index (χ1v) is 15.0. The molecule has 9 heteroatoms. The summed E-state index contributed by atoms with van der Waals surface area (Å²) in [4.78, 5) is 25.7. The summed E-state index contributed by atoms with van der Waals surface area (Å²) in [5.41, 5.74) is -0.483. The van der Waals surface area contributed by atoms with Gasteiger partial charge < -0.3 is 28.4 Å². The number of fused-ring (bicyclic) bond motifs is 1. The Morgan fingerprint density at radius 3 is 1.58 bits per heavy atom. The van der Waals surface area contributed by atoms with Gasteiger partial charge in [-0.3, -0.25) is 9.59 Å². The molecule has 0 spiro atoms. The number of unbranched alkanes of at least 4 members (excludes halogenated alkanes) is 4. The van der Waals surface area contributed by atoms with Gasteiger partial charge in [-0.05, 0) is 26.7 Å². The van der Waals surface area contributed by atoms with Crippen molar-refractivity contribution in [2.75, 3.05) is 52.9 Å². The van der Waals surface area contributed by atoms with Gasteiger partial charge in [-0.25, -0.2) is 0 Å². The first kappa shape index (κ1) is 32.4. The Morgan fingerprint density at radius 2 is 1.16 bits per heavy atom. The Balaban J connectivity index is 1.77. The third-order valence-corrected chi connectivity index (χ3v) is 7.36. The van der Waals surface area contributed by atoms with Gasteiger partial charge in [0.25, 0.3) is 0 Å². The van der Waals surface area contributed by atoms with Crippen LogP contribution in [0.1, 0.15) is 87.8 Å². The third-order valence-electron chi connectivity index (χ3n) is 6.37. The molecule has 1 aliphatic rings. The molecule has 0 bridgehead atoms. The Hall–Kier alpha value is -1.84. The van der Waals surface area contributed by atoms with E-state index in [0.29, 0.717) is 78.5 Å². The largest absolute Gasteiger partial charge is 0.488 e. The second-order valence-corrected chi connectivity index (χ2v) is 11.5. The molecule has 0 atom stereocenters. The second kappa shape index (κ2) is 18.4. The van der Waals surface area contributed by atoms with Crippen molar-refractivity contribution in [2.24, 2.45) is 5.41 Å². The summed E-state index contributed by atoms with van der Waals surface area (Å²) >= 11 is 1.67. The van der Waals surface area contributed by atoms with Crippen LogP contribution in [0.2, 0.25) is 0 Å². The highest BCUT2D eigenvalue weighted by Crippen LogP contribution is 2.44. The molecule has 1 aliphatic heterocycles. The number of hydrogen-bond donors (Lipinski definition) is 0. The minimum Gasteiger partial charge on any atom is -0.488 e. The van der Waals surface area contributed by atoms with Crippen molar-refractivity contribution in [2.45, 2.75) is 91.9 Å². The smallest absolute Gasteiger partial charge is 0.305 e. The first-order chi connectivity index (χ1) is 18.4. The van der Waals surface area contributed by atoms with Gasteiger partial charge in [-0.2, -0.15) is 0 Å². The van der Waals surface area contributed by atoms with Crippen molar-refractivity contribution in [1.82, 2.24) is 0 Å². The number of esters is 2. The van der Waals surface area contributed by atoms with Gasteiger partial charge in [0.1, 0.15) is 13.2 Å². The van der Waals surface area contributed by atoms with Crippen molar-refractivity contribution < 1.29 is 38.0 Å². The van der Waals surface area contributed by atoms with Gasteiger partial charge in [0.05, 0.1) is 31.8 Å². The van der Waals surface area contributed by atoms with E-state index in [1.54, 1.807) is 11.3 Å². The molecule has 1 aromatic heterocycles. The maximum absolute atomic E-state index is 11.8. The quantitative estimate of drug-likeness (QED) is 0.139. The molecule has 8 nitrogen and oxygen atoms in total. The highest BCUT2D eigenvalue weighted by molar-refractivity contribution is 7.12. The van der Waals surface area contributed by atoms with Crippen LogP contribution in [0.25, 0.3) is 0 Å². The normalized spacial score (nSPS) is 14.2. The van der Waals surface area contributed by atoms with Crippen molar-refractivity contribution in [3.63, 3.8) is 0 Å². The Bertz CT molecular complexity index is 757. The van der Waals surface area contributed by atoms with E-state index in [4.69, 9.17) is 28.4 Å². The van der Waals surface area contributed by atoms with E-state index < -0.39 is 5.41 Å². The molecule has 1 aromatic rings.